The third kappa shape index (κ3) is 3.63. The van der Waals surface area contributed by atoms with E-state index < -0.39 is 0 Å². The number of aromatic nitrogens is 5. The average Bonchev–Trinajstić information content (AvgIpc) is 3.28. The topological polar surface area (TPSA) is 68.8 Å². The molecule has 27 heavy (non-hydrogen) atoms. The molecule has 0 aromatic carbocycles. The number of hydrogen-bond acceptors (Lipinski definition) is 4. The Morgan fingerprint density at radius 1 is 1.33 bits per heavy atom. The van der Waals surface area contributed by atoms with Crippen molar-refractivity contribution >= 4 is 5.91 Å². The van der Waals surface area contributed by atoms with Crippen LogP contribution in [-0.2, 0) is 13.6 Å². The number of piperidine rings is 1. The molecule has 3 aromatic heterocycles. The molecule has 1 aliphatic heterocycles. The molecule has 1 saturated heterocycles. The Labute approximate surface area is 158 Å². The van der Waals surface area contributed by atoms with E-state index >= 15 is 0 Å². The molecule has 0 radical (unpaired) electrons. The van der Waals surface area contributed by atoms with Gasteiger partial charge in [-0.2, -0.15) is 5.10 Å². The molecular formula is C20H24N6O. The van der Waals surface area contributed by atoms with Crippen LogP contribution in [0.5, 0.6) is 0 Å². The zero-order valence-corrected chi connectivity index (χ0v) is 15.7. The number of aryl methyl sites for hydroxylation is 2. The fraction of sp³-hybridized carbons (Fsp3) is 0.400. The molecule has 7 heteroatoms. The molecule has 0 saturated carbocycles. The molecule has 0 aliphatic carbocycles. The molecule has 1 amide bonds. The lowest BCUT2D eigenvalue weighted by molar-refractivity contribution is 0.0692. The van der Waals surface area contributed by atoms with E-state index in [1.54, 1.807) is 10.9 Å². The third-order valence-electron chi connectivity index (χ3n) is 5.12. The van der Waals surface area contributed by atoms with Gasteiger partial charge in [0.05, 0.1) is 12.2 Å². The van der Waals surface area contributed by atoms with E-state index in [2.05, 4.69) is 25.7 Å². The largest absolute Gasteiger partial charge is 0.337 e. The van der Waals surface area contributed by atoms with Gasteiger partial charge in [-0.15, -0.1) is 0 Å². The van der Waals surface area contributed by atoms with Crippen molar-refractivity contribution in [3.05, 3.63) is 65.8 Å². The van der Waals surface area contributed by atoms with E-state index in [1.165, 1.54) is 0 Å². The van der Waals surface area contributed by atoms with E-state index in [4.69, 9.17) is 0 Å². The number of amides is 1. The van der Waals surface area contributed by atoms with Gasteiger partial charge in [0.25, 0.3) is 5.91 Å². The zero-order chi connectivity index (χ0) is 18.8. The van der Waals surface area contributed by atoms with Crippen LogP contribution in [0.3, 0.4) is 0 Å². The monoisotopic (exact) mass is 364 g/mol. The Balaban J connectivity index is 1.51. The molecule has 7 nitrogen and oxygen atoms in total. The van der Waals surface area contributed by atoms with Gasteiger partial charge in [0.1, 0.15) is 11.5 Å². The Kier molecular flexibility index (Phi) is 4.75. The van der Waals surface area contributed by atoms with Crippen molar-refractivity contribution in [1.29, 1.82) is 0 Å². The standard InChI is InChI=1S/C20H24N6O/c1-15-11-18(24(2)23-15)20(27)26-9-4-6-17(14-26)19-22-8-10-25(19)13-16-5-3-7-21-12-16/h3,5,7-8,10-12,17H,4,6,9,13-14H2,1-2H3. The van der Waals surface area contributed by atoms with Gasteiger partial charge >= 0.3 is 0 Å². The van der Waals surface area contributed by atoms with Crippen molar-refractivity contribution in [2.45, 2.75) is 32.2 Å². The highest BCUT2D eigenvalue weighted by Gasteiger charge is 2.29. The average molecular weight is 364 g/mol. The third-order valence-corrected chi connectivity index (χ3v) is 5.12. The maximum absolute atomic E-state index is 13.0. The summed E-state index contributed by atoms with van der Waals surface area (Å²) in [7, 11) is 1.82. The maximum atomic E-state index is 13.0. The quantitative estimate of drug-likeness (QED) is 0.713. The van der Waals surface area contributed by atoms with Crippen LogP contribution in [0.25, 0.3) is 0 Å². The van der Waals surface area contributed by atoms with E-state index in [-0.39, 0.29) is 11.8 Å². The lowest BCUT2D eigenvalue weighted by Gasteiger charge is -2.32. The Morgan fingerprint density at radius 3 is 2.96 bits per heavy atom. The van der Waals surface area contributed by atoms with Crippen LogP contribution in [0.1, 0.15) is 46.3 Å². The number of rotatable bonds is 4. The maximum Gasteiger partial charge on any atom is 0.272 e. The second-order valence-corrected chi connectivity index (χ2v) is 7.16. The Hall–Kier alpha value is -2.96. The lowest BCUT2D eigenvalue weighted by atomic mass is 9.96. The summed E-state index contributed by atoms with van der Waals surface area (Å²) in [5, 5.41) is 4.30. The van der Waals surface area contributed by atoms with Gasteiger partial charge in [0, 0.05) is 50.8 Å². The number of carbonyl (C=O) groups excluding carboxylic acids is 1. The molecule has 140 valence electrons. The van der Waals surface area contributed by atoms with Gasteiger partial charge < -0.3 is 9.47 Å². The molecule has 4 rings (SSSR count). The summed E-state index contributed by atoms with van der Waals surface area (Å²) in [5.74, 6) is 1.33. The molecule has 1 aliphatic rings. The molecule has 0 bridgehead atoms. The van der Waals surface area contributed by atoms with Crippen LogP contribution in [0.4, 0.5) is 0 Å². The summed E-state index contributed by atoms with van der Waals surface area (Å²) in [6.45, 7) is 4.12. The van der Waals surface area contributed by atoms with E-state index in [9.17, 15) is 4.79 Å². The van der Waals surface area contributed by atoms with Crippen LogP contribution in [0.15, 0.2) is 43.0 Å². The minimum absolute atomic E-state index is 0.0492. The minimum atomic E-state index is 0.0492. The van der Waals surface area contributed by atoms with Crippen molar-refractivity contribution in [3.8, 4) is 0 Å². The highest BCUT2D eigenvalue weighted by Crippen LogP contribution is 2.27. The Bertz CT molecular complexity index is 929. The number of likely N-dealkylation sites (tertiary alicyclic amines) is 1. The highest BCUT2D eigenvalue weighted by molar-refractivity contribution is 5.92. The van der Waals surface area contributed by atoms with Crippen LogP contribution >= 0.6 is 0 Å². The summed E-state index contributed by atoms with van der Waals surface area (Å²) < 4.78 is 3.84. The number of imidazole rings is 1. The smallest absolute Gasteiger partial charge is 0.272 e. The van der Waals surface area contributed by atoms with Crippen LogP contribution < -0.4 is 0 Å². The summed E-state index contributed by atoms with van der Waals surface area (Å²) in [5.41, 5.74) is 2.65. The normalized spacial score (nSPS) is 17.3. The molecule has 1 fully saturated rings. The highest BCUT2D eigenvalue weighted by atomic mass is 16.2. The lowest BCUT2D eigenvalue weighted by Crippen LogP contribution is -2.40. The fourth-order valence-corrected chi connectivity index (χ4v) is 3.85. The number of carbonyl (C=O) groups is 1. The SMILES string of the molecule is Cc1cc(C(=O)N2CCCC(c3nccn3Cc3cccnc3)C2)n(C)n1. The molecular weight excluding hydrogens is 340 g/mol. The van der Waals surface area contributed by atoms with E-state index in [0.717, 1.165) is 43.0 Å². The predicted molar refractivity (Wildman–Crippen MR) is 101 cm³/mol. The molecule has 0 spiro atoms. The summed E-state index contributed by atoms with van der Waals surface area (Å²) in [4.78, 5) is 23.7. The van der Waals surface area contributed by atoms with Crippen molar-refractivity contribution in [1.82, 2.24) is 29.2 Å². The van der Waals surface area contributed by atoms with Gasteiger partial charge in [-0.05, 0) is 37.5 Å². The first-order chi connectivity index (χ1) is 13.1. The summed E-state index contributed by atoms with van der Waals surface area (Å²) in [6.07, 6.45) is 9.53. The first-order valence-electron chi connectivity index (χ1n) is 9.31. The first-order valence-corrected chi connectivity index (χ1v) is 9.31. The van der Waals surface area contributed by atoms with Crippen molar-refractivity contribution in [2.75, 3.05) is 13.1 Å². The summed E-state index contributed by atoms with van der Waals surface area (Å²) in [6, 6.07) is 5.87. The molecule has 1 unspecified atom stereocenters. The summed E-state index contributed by atoms with van der Waals surface area (Å²) >= 11 is 0. The fourth-order valence-electron chi connectivity index (χ4n) is 3.85. The van der Waals surface area contributed by atoms with Gasteiger partial charge in [-0.25, -0.2) is 4.98 Å². The first kappa shape index (κ1) is 17.5. The van der Waals surface area contributed by atoms with Gasteiger partial charge in [0.2, 0.25) is 0 Å². The van der Waals surface area contributed by atoms with Gasteiger partial charge in [0.15, 0.2) is 0 Å². The van der Waals surface area contributed by atoms with E-state index in [0.29, 0.717) is 12.2 Å². The number of nitrogens with zero attached hydrogens (tertiary/aromatic N) is 6. The van der Waals surface area contributed by atoms with Crippen LogP contribution in [0, 0.1) is 6.92 Å². The second-order valence-electron chi connectivity index (χ2n) is 7.16. The van der Waals surface area contributed by atoms with Crippen LogP contribution in [-0.4, -0.2) is 48.2 Å². The molecule has 3 aromatic rings. The predicted octanol–water partition coefficient (Wildman–Crippen LogP) is 2.39. The van der Waals surface area contributed by atoms with Gasteiger partial charge in [-0.3, -0.25) is 14.5 Å². The van der Waals surface area contributed by atoms with Gasteiger partial charge in [-0.1, -0.05) is 6.07 Å². The zero-order valence-electron chi connectivity index (χ0n) is 15.7. The minimum Gasteiger partial charge on any atom is -0.337 e. The number of hydrogen-bond donors (Lipinski definition) is 0. The molecule has 0 N–H and O–H groups in total. The number of pyridine rings is 1. The van der Waals surface area contributed by atoms with E-state index in [1.807, 2.05) is 49.6 Å². The second kappa shape index (κ2) is 7.34. The van der Waals surface area contributed by atoms with Crippen molar-refractivity contribution in [2.24, 2.45) is 7.05 Å². The van der Waals surface area contributed by atoms with Crippen molar-refractivity contribution < 1.29 is 4.79 Å². The van der Waals surface area contributed by atoms with Crippen molar-refractivity contribution in [3.63, 3.8) is 0 Å². The molecule has 1 atom stereocenters. The van der Waals surface area contributed by atoms with Crippen LogP contribution in [0.2, 0.25) is 0 Å². The Morgan fingerprint density at radius 2 is 2.22 bits per heavy atom. The molecule has 4 heterocycles.